The first-order chi connectivity index (χ1) is 11.1. The maximum Gasteiger partial charge on any atom is 0.240 e. The van der Waals surface area contributed by atoms with Gasteiger partial charge in [-0.25, -0.2) is 4.39 Å². The van der Waals surface area contributed by atoms with Crippen molar-refractivity contribution >= 4 is 29.5 Å². The van der Waals surface area contributed by atoms with Crippen LogP contribution in [-0.4, -0.2) is 20.7 Å². The quantitative estimate of drug-likeness (QED) is 0.697. The highest BCUT2D eigenvalue weighted by atomic mass is 32.1. The Bertz CT molecular complexity index is 870. The fourth-order valence-corrected chi connectivity index (χ4v) is 3.02. The highest BCUT2D eigenvalue weighted by Crippen LogP contribution is 2.22. The van der Waals surface area contributed by atoms with Crippen molar-refractivity contribution in [3.05, 3.63) is 57.9 Å². The molecule has 3 rings (SSSR count). The molecule has 3 aromatic rings. The van der Waals surface area contributed by atoms with Gasteiger partial charge in [-0.05, 0) is 41.4 Å². The summed E-state index contributed by atoms with van der Waals surface area (Å²) in [6.07, 6.45) is 0. The second kappa shape index (κ2) is 6.84. The van der Waals surface area contributed by atoms with Gasteiger partial charge >= 0.3 is 0 Å². The van der Waals surface area contributed by atoms with Crippen LogP contribution in [0.25, 0.3) is 10.7 Å². The van der Waals surface area contributed by atoms with E-state index in [1.165, 1.54) is 23.5 Å². The normalized spacial score (nSPS) is 10.7. The number of carbonyl (C=O) groups excluding carboxylic acids is 1. The minimum atomic E-state index is -0.325. The molecule has 5 nitrogen and oxygen atoms in total. The molecule has 0 atom stereocenters. The van der Waals surface area contributed by atoms with Crippen molar-refractivity contribution in [3.8, 4) is 10.7 Å². The van der Waals surface area contributed by atoms with Gasteiger partial charge in [0.25, 0.3) is 0 Å². The lowest BCUT2D eigenvalue weighted by molar-refractivity contribution is -0.121. The van der Waals surface area contributed by atoms with E-state index in [4.69, 9.17) is 12.2 Å². The fraction of sp³-hybridized carbons (Fsp3) is 0.133. The molecule has 0 unspecified atom stereocenters. The first-order valence-corrected chi connectivity index (χ1v) is 8.12. The van der Waals surface area contributed by atoms with Crippen molar-refractivity contribution in [1.29, 1.82) is 0 Å². The van der Waals surface area contributed by atoms with Gasteiger partial charge in [0.15, 0.2) is 10.6 Å². The summed E-state index contributed by atoms with van der Waals surface area (Å²) in [5.74, 6) is 0.0873. The Balaban J connectivity index is 1.69. The van der Waals surface area contributed by atoms with E-state index < -0.39 is 0 Å². The summed E-state index contributed by atoms with van der Waals surface area (Å²) < 4.78 is 15.1. The first-order valence-electron chi connectivity index (χ1n) is 6.84. The summed E-state index contributed by atoms with van der Waals surface area (Å²) in [6, 6.07) is 9.94. The van der Waals surface area contributed by atoms with Gasteiger partial charge in [0.1, 0.15) is 12.4 Å². The molecule has 118 valence electrons. The number of carbonyl (C=O) groups is 1. The molecule has 1 amide bonds. The Morgan fingerprint density at radius 2 is 2.26 bits per heavy atom. The summed E-state index contributed by atoms with van der Waals surface area (Å²) >= 11 is 6.70. The van der Waals surface area contributed by atoms with Crippen LogP contribution >= 0.6 is 23.6 Å². The van der Waals surface area contributed by atoms with Gasteiger partial charge in [0, 0.05) is 6.54 Å². The number of rotatable bonds is 5. The van der Waals surface area contributed by atoms with Crippen molar-refractivity contribution in [1.82, 2.24) is 20.1 Å². The number of aromatic nitrogens is 3. The summed E-state index contributed by atoms with van der Waals surface area (Å²) in [4.78, 5) is 13.1. The minimum absolute atomic E-state index is 0.0535. The molecule has 0 saturated carbocycles. The Kier molecular flexibility index (Phi) is 4.63. The van der Waals surface area contributed by atoms with Crippen molar-refractivity contribution in [3.63, 3.8) is 0 Å². The highest BCUT2D eigenvalue weighted by Gasteiger charge is 2.13. The molecule has 0 aliphatic heterocycles. The van der Waals surface area contributed by atoms with Gasteiger partial charge < -0.3 is 5.32 Å². The minimum Gasteiger partial charge on any atom is -0.350 e. The number of aromatic amines is 1. The zero-order valence-corrected chi connectivity index (χ0v) is 13.6. The van der Waals surface area contributed by atoms with E-state index >= 15 is 0 Å². The lowest BCUT2D eigenvalue weighted by atomic mass is 10.2. The molecule has 0 fully saturated rings. The van der Waals surface area contributed by atoms with E-state index in [1.807, 2.05) is 17.5 Å². The lowest BCUT2D eigenvalue weighted by Gasteiger charge is -2.07. The van der Waals surface area contributed by atoms with Crippen LogP contribution in [0.3, 0.4) is 0 Å². The van der Waals surface area contributed by atoms with Crippen LogP contribution in [0.2, 0.25) is 0 Å². The Morgan fingerprint density at radius 1 is 1.39 bits per heavy atom. The van der Waals surface area contributed by atoms with Gasteiger partial charge in [-0.3, -0.25) is 14.5 Å². The predicted molar refractivity (Wildman–Crippen MR) is 89.0 cm³/mol. The van der Waals surface area contributed by atoms with Crippen molar-refractivity contribution in [2.45, 2.75) is 13.1 Å². The third-order valence-electron chi connectivity index (χ3n) is 3.18. The zero-order chi connectivity index (χ0) is 16.2. The first kappa shape index (κ1) is 15.6. The highest BCUT2D eigenvalue weighted by molar-refractivity contribution is 7.71. The molecule has 0 aliphatic carbocycles. The second-order valence-electron chi connectivity index (χ2n) is 4.82. The molecular weight excluding hydrogens is 335 g/mol. The molecule has 0 spiro atoms. The number of nitrogens with one attached hydrogen (secondary N) is 2. The number of hydrogen-bond acceptors (Lipinski definition) is 4. The van der Waals surface area contributed by atoms with Gasteiger partial charge in [-0.15, -0.1) is 11.3 Å². The Morgan fingerprint density at radius 3 is 3.00 bits per heavy atom. The summed E-state index contributed by atoms with van der Waals surface area (Å²) in [5.41, 5.74) is 0.702. The Hall–Kier alpha value is -2.32. The standard InChI is InChI=1S/C15H13FN4OS2/c16-11-4-1-3-10(7-11)8-17-13(21)9-20-14(18-19-15(20)22)12-5-2-6-23-12/h1-7H,8-9H2,(H,17,21)(H,19,22). The molecule has 2 N–H and O–H groups in total. The summed E-state index contributed by atoms with van der Waals surface area (Å²) in [5, 5.41) is 11.6. The molecule has 0 bridgehead atoms. The van der Waals surface area contributed by atoms with Gasteiger partial charge in [-0.1, -0.05) is 18.2 Å². The number of thiophene rings is 1. The topological polar surface area (TPSA) is 62.7 Å². The SMILES string of the molecule is O=C(Cn1c(-c2cccs2)n[nH]c1=S)NCc1cccc(F)c1. The molecular formula is C15H13FN4OS2. The van der Waals surface area contributed by atoms with E-state index in [9.17, 15) is 9.18 Å². The molecule has 23 heavy (non-hydrogen) atoms. The molecule has 8 heteroatoms. The van der Waals surface area contributed by atoms with Crippen LogP contribution in [0, 0.1) is 10.6 Å². The van der Waals surface area contributed by atoms with Crippen LogP contribution in [0.4, 0.5) is 4.39 Å². The monoisotopic (exact) mass is 348 g/mol. The zero-order valence-electron chi connectivity index (χ0n) is 12.0. The molecule has 2 heterocycles. The number of nitrogens with zero attached hydrogens (tertiary/aromatic N) is 2. The Labute approximate surface area is 140 Å². The van der Waals surface area contributed by atoms with Crippen LogP contribution in [0.15, 0.2) is 41.8 Å². The number of hydrogen-bond donors (Lipinski definition) is 2. The lowest BCUT2D eigenvalue weighted by Crippen LogP contribution is -2.27. The number of amides is 1. The maximum atomic E-state index is 13.1. The molecule has 0 aliphatic rings. The third kappa shape index (κ3) is 3.72. The van der Waals surface area contributed by atoms with Crippen LogP contribution < -0.4 is 5.32 Å². The fourth-order valence-electron chi connectivity index (χ4n) is 2.11. The van der Waals surface area contributed by atoms with Gasteiger partial charge in [-0.2, -0.15) is 5.10 Å². The maximum absolute atomic E-state index is 13.1. The number of benzene rings is 1. The van der Waals surface area contributed by atoms with E-state index in [0.717, 1.165) is 4.88 Å². The smallest absolute Gasteiger partial charge is 0.240 e. The van der Waals surface area contributed by atoms with Crippen molar-refractivity contribution in [2.75, 3.05) is 0 Å². The summed E-state index contributed by atoms with van der Waals surface area (Å²) in [7, 11) is 0. The summed E-state index contributed by atoms with van der Waals surface area (Å²) in [6.45, 7) is 0.313. The average molecular weight is 348 g/mol. The molecule has 0 radical (unpaired) electrons. The van der Waals surface area contributed by atoms with Gasteiger partial charge in [0.05, 0.1) is 4.88 Å². The third-order valence-corrected chi connectivity index (χ3v) is 4.36. The van der Waals surface area contributed by atoms with Gasteiger partial charge in [0.2, 0.25) is 5.91 Å². The van der Waals surface area contributed by atoms with E-state index in [1.54, 1.807) is 16.7 Å². The van der Waals surface area contributed by atoms with Crippen molar-refractivity contribution < 1.29 is 9.18 Å². The van der Waals surface area contributed by atoms with Crippen LogP contribution in [0.1, 0.15) is 5.56 Å². The molecule has 1 aromatic carbocycles. The number of H-pyrrole nitrogens is 1. The van der Waals surface area contributed by atoms with E-state index in [2.05, 4.69) is 15.5 Å². The largest absolute Gasteiger partial charge is 0.350 e. The van der Waals surface area contributed by atoms with Crippen molar-refractivity contribution in [2.24, 2.45) is 0 Å². The van der Waals surface area contributed by atoms with Crippen LogP contribution in [-0.2, 0) is 17.9 Å². The van der Waals surface area contributed by atoms with E-state index in [0.29, 0.717) is 16.2 Å². The average Bonchev–Trinajstić information content (AvgIpc) is 3.16. The van der Waals surface area contributed by atoms with E-state index in [-0.39, 0.29) is 24.8 Å². The van der Waals surface area contributed by atoms with Crippen LogP contribution in [0.5, 0.6) is 0 Å². The predicted octanol–water partition coefficient (Wildman–Crippen LogP) is 3.12. The molecule has 2 aromatic heterocycles. The second-order valence-corrected chi connectivity index (χ2v) is 6.16. The number of halogens is 1. The molecule has 0 saturated heterocycles.